The third kappa shape index (κ3) is 4.53. The molecule has 3 aliphatic rings. The molecule has 8 heteroatoms. The van der Waals surface area contributed by atoms with Gasteiger partial charge in [-0.15, -0.1) is 24.8 Å². The number of benzene rings is 1. The molecule has 2 aromatic rings. The fourth-order valence-corrected chi connectivity index (χ4v) is 6.38. The van der Waals surface area contributed by atoms with Crippen molar-refractivity contribution in [3.05, 3.63) is 35.5 Å². The van der Waals surface area contributed by atoms with E-state index in [0.717, 1.165) is 38.3 Å². The highest BCUT2D eigenvalue weighted by Crippen LogP contribution is 2.57. The van der Waals surface area contributed by atoms with Gasteiger partial charge in [-0.3, -0.25) is 9.47 Å². The van der Waals surface area contributed by atoms with Gasteiger partial charge < -0.3 is 15.2 Å². The van der Waals surface area contributed by atoms with Crippen LogP contribution in [0.25, 0.3) is 10.9 Å². The average molecular weight is 500 g/mol. The molecule has 0 amide bonds. The first-order chi connectivity index (χ1) is 14.7. The molecule has 186 valence electrons. The van der Waals surface area contributed by atoms with Crippen molar-refractivity contribution in [3.8, 4) is 0 Å². The van der Waals surface area contributed by atoms with Gasteiger partial charge in [0.1, 0.15) is 6.61 Å². The van der Waals surface area contributed by atoms with E-state index in [1.807, 2.05) is 0 Å². The van der Waals surface area contributed by atoms with E-state index in [1.54, 1.807) is 5.56 Å². The first-order valence-electron chi connectivity index (χ1n) is 12.0. The van der Waals surface area contributed by atoms with Crippen molar-refractivity contribution in [1.29, 1.82) is 0 Å². The smallest absolute Gasteiger partial charge is 0.153 e. The number of piperidine rings is 1. The van der Waals surface area contributed by atoms with Crippen molar-refractivity contribution in [2.45, 2.75) is 58.9 Å². The normalized spacial score (nSPS) is 24.6. The van der Waals surface area contributed by atoms with Crippen molar-refractivity contribution in [3.63, 3.8) is 0 Å². The number of para-hydroxylation sites is 1. The summed E-state index contributed by atoms with van der Waals surface area (Å²) in [6.45, 7) is 12.9. The molecule has 0 saturated carbocycles. The number of hydrogen-bond donors (Lipinski definition) is 0. The second-order valence-corrected chi connectivity index (χ2v) is 9.27. The second kappa shape index (κ2) is 11.4. The number of halogens is 2. The van der Waals surface area contributed by atoms with Crippen molar-refractivity contribution < 1.29 is 10.3 Å². The maximum absolute atomic E-state index is 5.95. The predicted molar refractivity (Wildman–Crippen MR) is 141 cm³/mol. The Balaban J connectivity index is 0.00000128. The van der Waals surface area contributed by atoms with Crippen LogP contribution in [-0.2, 0) is 11.3 Å². The summed E-state index contributed by atoms with van der Waals surface area (Å²) in [5.41, 5.74) is 4.67. The van der Waals surface area contributed by atoms with Crippen LogP contribution in [0.3, 0.4) is 0 Å². The van der Waals surface area contributed by atoms with Crippen LogP contribution < -0.4 is 0 Å². The fraction of sp³-hybridized carbons (Fsp3) is 0.640. The second-order valence-electron chi connectivity index (χ2n) is 9.27. The maximum Gasteiger partial charge on any atom is 0.153 e. The zero-order valence-electron chi connectivity index (χ0n) is 20.2. The minimum Gasteiger partial charge on any atom is -0.412 e. The van der Waals surface area contributed by atoms with Crippen molar-refractivity contribution in [2.75, 3.05) is 39.3 Å². The molecular weight excluding hydrogens is 459 g/mol. The number of rotatable bonds is 7. The first-order valence-corrected chi connectivity index (χ1v) is 12.0. The van der Waals surface area contributed by atoms with Crippen LogP contribution in [0.4, 0.5) is 0 Å². The Morgan fingerprint density at radius 2 is 1.88 bits per heavy atom. The van der Waals surface area contributed by atoms with Gasteiger partial charge in [0.25, 0.3) is 0 Å². The van der Waals surface area contributed by atoms with E-state index < -0.39 is 0 Å². The Morgan fingerprint density at radius 1 is 1.12 bits per heavy atom. The monoisotopic (exact) mass is 498 g/mol. The largest absolute Gasteiger partial charge is 0.412 e. The summed E-state index contributed by atoms with van der Waals surface area (Å²) in [6, 6.07) is 9.45. The Hall–Kier alpha value is -1.31. The molecular formula is C25H40Cl2N4O2. The number of oxime groups is 1. The Bertz CT molecular complexity index is 959. The van der Waals surface area contributed by atoms with Gasteiger partial charge >= 0.3 is 0 Å². The zero-order chi connectivity index (χ0) is 20.7. The molecule has 33 heavy (non-hydrogen) atoms. The number of fused-ring (bicyclic) bond motifs is 3. The summed E-state index contributed by atoms with van der Waals surface area (Å²) < 4.78 is 2.47. The maximum atomic E-state index is 5.95. The first kappa shape index (κ1) is 27.9. The van der Waals surface area contributed by atoms with E-state index in [2.05, 4.69) is 59.4 Å². The van der Waals surface area contributed by atoms with Gasteiger partial charge in [-0.25, -0.2) is 0 Å². The molecule has 0 bridgehead atoms. The lowest BCUT2D eigenvalue weighted by atomic mass is 9.64. The number of hydrogen-bond acceptors (Lipinski definition) is 4. The number of likely N-dealkylation sites (N-methyl/N-ethyl adjacent to an activating group) is 1. The van der Waals surface area contributed by atoms with E-state index in [9.17, 15) is 0 Å². The molecule has 6 nitrogen and oxygen atoms in total. The van der Waals surface area contributed by atoms with Crippen LogP contribution >= 0.6 is 24.8 Å². The Morgan fingerprint density at radius 3 is 2.61 bits per heavy atom. The molecule has 2 N–H and O–H groups in total. The van der Waals surface area contributed by atoms with Crippen molar-refractivity contribution in [1.82, 2.24) is 14.4 Å². The Labute approximate surface area is 210 Å². The van der Waals surface area contributed by atoms with Crippen LogP contribution in [-0.4, -0.2) is 65.0 Å². The van der Waals surface area contributed by atoms with Crippen LogP contribution in [0.15, 0.2) is 29.4 Å². The van der Waals surface area contributed by atoms with Gasteiger partial charge in [0.2, 0.25) is 0 Å². The van der Waals surface area contributed by atoms with Gasteiger partial charge in [-0.05, 0) is 62.4 Å². The van der Waals surface area contributed by atoms with E-state index in [4.69, 9.17) is 9.99 Å². The van der Waals surface area contributed by atoms with E-state index in [-0.39, 0.29) is 30.3 Å². The minimum atomic E-state index is 0. The molecule has 3 aliphatic heterocycles. The van der Waals surface area contributed by atoms with Crippen LogP contribution in [0.1, 0.15) is 63.8 Å². The molecule has 0 radical (unpaired) electrons. The minimum absolute atomic E-state index is 0. The van der Waals surface area contributed by atoms with E-state index in [1.165, 1.54) is 48.9 Å². The summed E-state index contributed by atoms with van der Waals surface area (Å²) in [5.74, 6) is 1.12. The lowest BCUT2D eigenvalue weighted by molar-refractivity contribution is -0.00496. The summed E-state index contributed by atoms with van der Waals surface area (Å²) in [6.07, 6.45) is 5.96. The average Bonchev–Trinajstić information content (AvgIpc) is 3.13. The standard InChI is InChI=1S/C25H36N4O.2ClH.H2O/c1-4-25-13-9-14-28-15-12-20-19-10-7-8-11-21(19)29(23(20)24(25)28)22(18-25)26-30-17-16-27(5-2)6-3;;;/h7-8,10-11,24H,4-6,9,12-18H2,1-3H3;2*1H;1H2/t24-,25+;;;/m1.../s1. The van der Waals surface area contributed by atoms with Gasteiger partial charge in [0.05, 0.1) is 11.6 Å². The molecule has 5 rings (SSSR count). The van der Waals surface area contributed by atoms with E-state index in [0.29, 0.717) is 18.1 Å². The predicted octanol–water partition coefficient (Wildman–Crippen LogP) is 4.67. The van der Waals surface area contributed by atoms with Gasteiger partial charge in [-0.2, -0.15) is 0 Å². The number of nitrogens with zero attached hydrogens (tertiary/aromatic N) is 4. The highest BCUT2D eigenvalue weighted by atomic mass is 35.5. The third-order valence-electron chi connectivity index (χ3n) is 8.03. The van der Waals surface area contributed by atoms with Crippen LogP contribution in [0, 0.1) is 5.41 Å². The zero-order valence-corrected chi connectivity index (χ0v) is 21.8. The molecule has 4 heterocycles. The topological polar surface area (TPSA) is 64.5 Å². The van der Waals surface area contributed by atoms with Crippen molar-refractivity contribution in [2.24, 2.45) is 10.6 Å². The summed E-state index contributed by atoms with van der Waals surface area (Å²) in [4.78, 5) is 11.1. The highest BCUT2D eigenvalue weighted by molar-refractivity contribution is 6.00. The van der Waals surface area contributed by atoms with E-state index >= 15 is 0 Å². The molecule has 1 fully saturated rings. The summed E-state index contributed by atoms with van der Waals surface area (Å²) in [7, 11) is 0. The van der Waals surface area contributed by atoms with Crippen LogP contribution in [0.2, 0.25) is 0 Å². The van der Waals surface area contributed by atoms with Crippen molar-refractivity contribution >= 4 is 41.6 Å². The Kier molecular flexibility index (Phi) is 9.66. The molecule has 0 spiro atoms. The van der Waals surface area contributed by atoms with Gasteiger partial charge in [-0.1, -0.05) is 44.1 Å². The SMILES string of the molecule is CCN(CC)CCON=C1C[C@]2(CC)CCCN3CCc4c(n1c1ccccc41)[C@@H]32.Cl.Cl.O. The van der Waals surface area contributed by atoms with Crippen LogP contribution in [0.5, 0.6) is 0 Å². The van der Waals surface area contributed by atoms with Gasteiger partial charge in [0.15, 0.2) is 5.84 Å². The summed E-state index contributed by atoms with van der Waals surface area (Å²) >= 11 is 0. The lowest BCUT2D eigenvalue weighted by Crippen LogP contribution is -2.53. The summed E-state index contributed by atoms with van der Waals surface area (Å²) in [5, 5.41) is 6.21. The third-order valence-corrected chi connectivity index (χ3v) is 8.03. The lowest BCUT2D eigenvalue weighted by Gasteiger charge is -2.55. The molecule has 2 atom stereocenters. The molecule has 0 aliphatic carbocycles. The number of aromatic nitrogens is 1. The van der Waals surface area contributed by atoms with Gasteiger partial charge in [0, 0.05) is 30.6 Å². The molecule has 1 aromatic carbocycles. The highest BCUT2D eigenvalue weighted by Gasteiger charge is 2.52. The fourth-order valence-electron chi connectivity index (χ4n) is 6.38. The molecule has 1 aromatic heterocycles. The molecule has 0 unspecified atom stereocenters. The quantitative estimate of drug-likeness (QED) is 0.411. The molecule has 1 saturated heterocycles.